The summed E-state index contributed by atoms with van der Waals surface area (Å²) in [6, 6.07) is 16.7. The standard InChI is InChI=1S/C64H82N7O13PS/c1-36(2)24-53(69-58(75)46-25-43-20-21-44(26-45(43)27-46)63(80)85(81,82)83)62(79)71-32-47-28-50(47)56(71)60(77)68-52(22-23-55(65)74)38(4)84-34-41-14-12-39(13-15-41)10-8-9-11-48(72)29-51(64(5,6)7)61(78)70-33-49(73)30-54(70)59(76)66-31-40-16-18-42(19-17-40)57-37(3)67-35-86-57/h12-21,26-27,35-36,38,47,49-54,56,73H,8-11,22-25,28-34H2,1-7H3,(H2,65,74)(H,66,76)(H,68,77)(H,69,75)(H2,81,82,83)/t38-,47-,49-,50-,51-,52+,53+,54+,56+/m1/s1. The van der Waals surface area contributed by atoms with Gasteiger partial charge in [0, 0.05) is 68.8 Å². The van der Waals surface area contributed by atoms with Crippen molar-refractivity contribution in [3.8, 4) is 10.4 Å². The van der Waals surface area contributed by atoms with Crippen molar-refractivity contribution in [2.24, 2.45) is 34.8 Å². The van der Waals surface area contributed by atoms with Crippen LogP contribution < -0.4 is 21.7 Å². The second-order valence-electron chi connectivity index (χ2n) is 25.3. The highest BCUT2D eigenvalue weighted by molar-refractivity contribution is 7.70. The van der Waals surface area contributed by atoms with Crippen molar-refractivity contribution in [3.05, 3.63) is 117 Å². The number of aliphatic hydroxyl groups excluding tert-OH is 1. The van der Waals surface area contributed by atoms with Crippen molar-refractivity contribution < 1.29 is 62.6 Å². The summed E-state index contributed by atoms with van der Waals surface area (Å²) in [6.07, 6.45) is 3.97. The summed E-state index contributed by atoms with van der Waals surface area (Å²) < 4.78 is 17.9. The first kappa shape index (κ1) is 65.2. The number of nitrogens with one attached hydrogen (secondary N) is 3. The topological polar surface area (TPSA) is 305 Å². The average Bonchev–Trinajstić information content (AvgIpc) is 1.71. The van der Waals surface area contributed by atoms with E-state index in [4.69, 9.17) is 10.5 Å². The number of unbranched alkanes of at least 4 members (excludes halogenated alkanes) is 1. The van der Waals surface area contributed by atoms with E-state index in [0.29, 0.717) is 36.1 Å². The number of benzene rings is 3. The van der Waals surface area contributed by atoms with E-state index in [1.807, 2.05) is 95.6 Å². The van der Waals surface area contributed by atoms with Gasteiger partial charge < -0.3 is 51.1 Å². The van der Waals surface area contributed by atoms with Crippen molar-refractivity contribution in [3.63, 3.8) is 0 Å². The van der Waals surface area contributed by atoms with Crippen LogP contribution in [0.3, 0.4) is 0 Å². The maximum absolute atomic E-state index is 14.5. The van der Waals surface area contributed by atoms with Crippen molar-refractivity contribution in [1.82, 2.24) is 30.7 Å². The Morgan fingerprint density at radius 3 is 2.20 bits per heavy atom. The summed E-state index contributed by atoms with van der Waals surface area (Å²) in [5.41, 5.74) is 11.6. The molecule has 2 aliphatic heterocycles. The molecule has 0 spiro atoms. The molecule has 0 unspecified atom stereocenters. The highest BCUT2D eigenvalue weighted by atomic mass is 32.1. The fraction of sp³-hybridized carbons (Fsp3) is 0.516. The molecule has 8 N–H and O–H groups in total. The smallest absolute Gasteiger partial charge is 0.391 e. The molecule has 1 saturated carbocycles. The first-order valence-electron chi connectivity index (χ1n) is 29.8. The molecular weight excluding hydrogens is 1140 g/mol. The van der Waals surface area contributed by atoms with Gasteiger partial charge in [-0.05, 0) is 121 Å². The summed E-state index contributed by atoms with van der Waals surface area (Å²) in [5, 5.41) is 19.6. The molecule has 9 atom stereocenters. The predicted octanol–water partition coefficient (Wildman–Crippen LogP) is 6.72. The van der Waals surface area contributed by atoms with E-state index in [0.717, 1.165) is 45.7 Å². The third-order valence-corrected chi connectivity index (χ3v) is 18.8. The van der Waals surface area contributed by atoms with Gasteiger partial charge in [-0.25, -0.2) is 4.98 Å². The molecule has 8 rings (SSSR count). The van der Waals surface area contributed by atoms with Gasteiger partial charge in [-0.3, -0.25) is 42.9 Å². The molecule has 20 nitrogen and oxygen atoms in total. The zero-order valence-electron chi connectivity index (χ0n) is 50.1. The molecule has 0 radical (unpaired) electrons. The number of primary amides is 1. The average molecular weight is 1220 g/mol. The van der Waals surface area contributed by atoms with Gasteiger partial charge in [0.25, 0.3) is 5.52 Å². The third-order valence-electron chi connectivity index (χ3n) is 17.0. The van der Waals surface area contributed by atoms with Crippen LogP contribution in [0.5, 0.6) is 0 Å². The van der Waals surface area contributed by atoms with Gasteiger partial charge in [0.1, 0.15) is 23.9 Å². The number of ether oxygens (including phenoxy) is 1. The molecule has 0 bridgehead atoms. The maximum Gasteiger partial charge on any atom is 0.396 e. The lowest BCUT2D eigenvalue weighted by molar-refractivity contribution is -0.146. The van der Waals surface area contributed by atoms with Crippen molar-refractivity contribution in [2.75, 3.05) is 13.1 Å². The number of amides is 6. The largest absolute Gasteiger partial charge is 0.396 e. The quantitative estimate of drug-likeness (QED) is 0.0229. The Hall–Kier alpha value is -6.74. The van der Waals surface area contributed by atoms with Gasteiger partial charge in [0.05, 0.1) is 40.9 Å². The fourth-order valence-corrected chi connectivity index (χ4v) is 13.3. The van der Waals surface area contributed by atoms with Crippen LogP contribution in [0.15, 0.2) is 77.8 Å². The molecule has 3 aromatic carbocycles. The Morgan fingerprint density at radius 2 is 1.55 bits per heavy atom. The zero-order valence-corrected chi connectivity index (χ0v) is 51.8. The van der Waals surface area contributed by atoms with Crippen molar-refractivity contribution >= 4 is 71.8 Å². The van der Waals surface area contributed by atoms with Crippen LogP contribution in [0.1, 0.15) is 143 Å². The minimum absolute atomic E-state index is 0.0155. The number of nitrogens with zero attached hydrogens (tertiary/aromatic N) is 3. The Kier molecular flexibility index (Phi) is 21.2. The summed E-state index contributed by atoms with van der Waals surface area (Å²) in [4.78, 5) is 135. The molecule has 2 aliphatic carbocycles. The first-order chi connectivity index (χ1) is 40.6. The Bertz CT molecular complexity index is 3260. The summed E-state index contributed by atoms with van der Waals surface area (Å²) >= 11 is 1.57. The summed E-state index contributed by atoms with van der Waals surface area (Å²) in [6.45, 7) is 14.2. The van der Waals surface area contributed by atoms with E-state index in [9.17, 15) is 57.8 Å². The van der Waals surface area contributed by atoms with Crippen LogP contribution >= 0.6 is 18.9 Å². The predicted molar refractivity (Wildman–Crippen MR) is 324 cm³/mol. The summed E-state index contributed by atoms with van der Waals surface area (Å²) in [5.74, 6) is -3.22. The SMILES string of the molecule is Cc1ncsc1-c1ccc(CNC(=O)[C@@H]2C[C@@H](O)CN2C(=O)[C@@H](CC(=O)CCCCc2ccc(CO[C@H](C)[C@H](CCC(N)=O)NC(=O)[C@@H]3[C@@H]4C[C@@H]4CN3C(=O)[C@H](CC(C)C)NC(=O)C3=Cc4cc(C(=O)P(=O)(O)O)ccc4C3)cc2)C(C)(C)C)cc1. The fourth-order valence-electron chi connectivity index (χ4n) is 12.0. The second-order valence-corrected chi connectivity index (χ2v) is 27.6. The second kappa shape index (κ2) is 28.0. The Morgan fingerprint density at radius 1 is 0.849 bits per heavy atom. The number of piperidine rings is 1. The van der Waals surface area contributed by atoms with Crippen molar-refractivity contribution in [1.29, 1.82) is 0 Å². The van der Waals surface area contributed by atoms with Gasteiger partial charge in [-0.1, -0.05) is 95.3 Å². The molecule has 1 aromatic heterocycles. The van der Waals surface area contributed by atoms with E-state index >= 15 is 0 Å². The summed E-state index contributed by atoms with van der Waals surface area (Å²) in [7, 11) is -5.02. The number of thiazole rings is 1. The van der Waals surface area contributed by atoms with Gasteiger partial charge in [-0.2, -0.15) is 0 Å². The third kappa shape index (κ3) is 16.7. The van der Waals surface area contributed by atoms with Crippen LogP contribution in [-0.4, -0.2) is 126 Å². The van der Waals surface area contributed by atoms with E-state index in [1.54, 1.807) is 29.2 Å². The zero-order chi connectivity index (χ0) is 62.4. The van der Waals surface area contributed by atoms with Gasteiger partial charge in [0.2, 0.25) is 35.4 Å². The number of carbonyl (C=O) groups is 8. The number of β-amino-alcohol motifs (C(OH)–C–C–N with tert-alkyl or cyclic N) is 1. The van der Waals surface area contributed by atoms with E-state index < -0.39 is 78.5 Å². The molecule has 86 heavy (non-hydrogen) atoms. The van der Waals surface area contributed by atoms with Crippen LogP contribution in [0, 0.1) is 36.0 Å². The van der Waals surface area contributed by atoms with Gasteiger partial charge in [0.15, 0.2) is 0 Å². The number of aryl methyl sites for hydroxylation is 2. The van der Waals surface area contributed by atoms with Crippen LogP contribution in [0.4, 0.5) is 0 Å². The Labute approximate surface area is 506 Å². The monoisotopic (exact) mass is 1220 g/mol. The number of aromatic nitrogens is 1. The lowest BCUT2D eigenvalue weighted by Crippen LogP contribution is -2.57. The molecule has 3 heterocycles. The molecule has 22 heteroatoms. The number of carbonyl (C=O) groups excluding carboxylic acids is 8. The maximum atomic E-state index is 14.5. The molecule has 4 aromatic rings. The minimum atomic E-state index is -5.02. The number of nitrogens with two attached hydrogens (primary N) is 1. The minimum Gasteiger partial charge on any atom is -0.391 e. The highest BCUT2D eigenvalue weighted by Gasteiger charge is 2.58. The van der Waals surface area contributed by atoms with Gasteiger partial charge >= 0.3 is 7.60 Å². The highest BCUT2D eigenvalue weighted by Crippen LogP contribution is 2.50. The molecule has 3 fully saturated rings. The molecule has 462 valence electrons. The van der Waals surface area contributed by atoms with Crippen LogP contribution in [-0.2, 0) is 68.9 Å². The van der Waals surface area contributed by atoms with E-state index in [2.05, 4.69) is 20.9 Å². The van der Waals surface area contributed by atoms with Crippen molar-refractivity contribution in [2.45, 2.75) is 169 Å². The molecule has 4 aliphatic rings. The lowest BCUT2D eigenvalue weighted by atomic mass is 9.76. The number of rotatable bonds is 28. The van der Waals surface area contributed by atoms with Gasteiger partial charge in [-0.15, -0.1) is 11.3 Å². The van der Waals surface area contributed by atoms with E-state index in [1.165, 1.54) is 23.1 Å². The van der Waals surface area contributed by atoms with Crippen LogP contribution in [0.25, 0.3) is 16.5 Å². The Balaban J connectivity index is 0.797. The van der Waals surface area contributed by atoms with E-state index in [-0.39, 0.29) is 111 Å². The normalized spacial score (nSPS) is 20.3. The number of likely N-dealkylation sites (tertiary alicyclic amines) is 2. The molecule has 6 amide bonds. The number of Topliss-reactive ketones (excluding diaryl/α,β-unsaturated/α-hetero) is 1. The first-order valence-corrected chi connectivity index (χ1v) is 32.2. The molecule has 2 saturated heterocycles. The number of fused-ring (bicyclic) bond motifs is 2. The lowest BCUT2D eigenvalue weighted by Gasteiger charge is -2.34. The van der Waals surface area contributed by atoms with Crippen LogP contribution in [0.2, 0.25) is 0 Å². The number of aliphatic hydroxyl groups is 1. The molecular formula is C64H82N7O13PS. The number of hydrogen-bond acceptors (Lipinski definition) is 13. The number of ketones is 1. The number of hydrogen-bond donors (Lipinski definition) is 7.